The van der Waals surface area contributed by atoms with Crippen LogP contribution in [0.25, 0.3) is 0 Å². The molecule has 4 aliphatic carbocycles. The maximum absolute atomic E-state index is 11.6. The van der Waals surface area contributed by atoms with Gasteiger partial charge in [0.25, 0.3) is 0 Å². The summed E-state index contributed by atoms with van der Waals surface area (Å²) in [7, 11) is 0. The van der Waals surface area contributed by atoms with Crippen molar-refractivity contribution in [3.63, 3.8) is 0 Å². The molecule has 1 aromatic rings. The Morgan fingerprint density at radius 1 is 1.22 bits per heavy atom. The largest absolute Gasteiger partial charge is 0.339 e. The zero-order valence-electron chi connectivity index (χ0n) is 10.5. The molecule has 1 aromatic heterocycles. The molecule has 4 saturated carbocycles. The van der Waals surface area contributed by atoms with Crippen LogP contribution in [0, 0.1) is 11.3 Å². The molecule has 0 aromatic carbocycles. The van der Waals surface area contributed by atoms with Gasteiger partial charge in [-0.3, -0.25) is 0 Å². The molecule has 0 saturated heterocycles. The highest BCUT2D eigenvalue weighted by Crippen LogP contribution is 2.56. The van der Waals surface area contributed by atoms with Crippen LogP contribution in [0.15, 0.2) is 4.52 Å². The third-order valence-electron chi connectivity index (χ3n) is 5.23. The van der Waals surface area contributed by atoms with Crippen molar-refractivity contribution in [1.82, 2.24) is 10.1 Å². The minimum atomic E-state index is -0.206. The van der Waals surface area contributed by atoms with Crippen molar-refractivity contribution in [1.29, 1.82) is 0 Å². The number of hydrogen-bond acceptors (Lipinski definition) is 4. The Bertz CT molecular complexity index is 470. The first-order valence-electron chi connectivity index (χ1n) is 7.10. The van der Waals surface area contributed by atoms with E-state index in [9.17, 15) is 4.79 Å². The summed E-state index contributed by atoms with van der Waals surface area (Å²) < 4.78 is 5.46. The first-order chi connectivity index (χ1) is 8.81. The van der Waals surface area contributed by atoms with Crippen molar-refractivity contribution in [2.75, 3.05) is 0 Å². The summed E-state index contributed by atoms with van der Waals surface area (Å²) in [4.78, 5) is 16.2. The fourth-order valence-electron chi connectivity index (χ4n) is 3.81. The van der Waals surface area contributed by atoms with E-state index in [0.717, 1.165) is 36.9 Å². The molecule has 5 rings (SSSR count). The Hall–Kier alpha value is -1.19. The molecule has 0 amide bonds. The predicted molar refractivity (Wildman–Crippen MR) is 64.1 cm³/mol. The Labute approximate surface area is 106 Å². The van der Waals surface area contributed by atoms with E-state index in [1.165, 1.54) is 32.0 Å². The summed E-state index contributed by atoms with van der Waals surface area (Å²) in [6, 6.07) is 0. The van der Waals surface area contributed by atoms with Gasteiger partial charge in [-0.05, 0) is 50.9 Å². The Morgan fingerprint density at radius 3 is 2.67 bits per heavy atom. The Balaban J connectivity index is 1.67. The minimum Gasteiger partial charge on any atom is -0.339 e. The first-order valence-corrected chi connectivity index (χ1v) is 7.10. The van der Waals surface area contributed by atoms with Gasteiger partial charge in [0.2, 0.25) is 5.89 Å². The van der Waals surface area contributed by atoms with Gasteiger partial charge in [0.05, 0.1) is 5.92 Å². The van der Waals surface area contributed by atoms with Gasteiger partial charge in [-0.15, -0.1) is 0 Å². The molecule has 1 atom stereocenters. The molecule has 4 heteroatoms. The van der Waals surface area contributed by atoms with Crippen LogP contribution < -0.4 is 0 Å². The number of aldehydes is 1. The Kier molecular flexibility index (Phi) is 2.17. The number of fused-ring (bicyclic) bond motifs is 3. The average molecular weight is 246 g/mol. The monoisotopic (exact) mass is 246 g/mol. The van der Waals surface area contributed by atoms with Crippen LogP contribution in [0.5, 0.6) is 0 Å². The number of carbonyl (C=O) groups excluding carboxylic acids is 1. The van der Waals surface area contributed by atoms with Crippen LogP contribution in [-0.4, -0.2) is 16.4 Å². The van der Waals surface area contributed by atoms with E-state index in [1.807, 2.05) is 0 Å². The molecule has 0 N–H and O–H groups in total. The summed E-state index contributed by atoms with van der Waals surface area (Å²) in [6.07, 6.45) is 9.01. The summed E-state index contributed by atoms with van der Waals surface area (Å²) in [5.74, 6) is 3.06. The molecule has 96 valence electrons. The molecule has 4 nitrogen and oxygen atoms in total. The van der Waals surface area contributed by atoms with Gasteiger partial charge in [-0.25, -0.2) is 0 Å². The highest BCUT2D eigenvalue weighted by molar-refractivity contribution is 5.62. The van der Waals surface area contributed by atoms with Gasteiger partial charge < -0.3 is 9.32 Å². The molecule has 2 bridgehead atoms. The average Bonchev–Trinajstić information content (AvgIpc) is 3.18. The lowest BCUT2D eigenvalue weighted by Gasteiger charge is -2.47. The third-order valence-corrected chi connectivity index (χ3v) is 5.23. The maximum atomic E-state index is 11.6. The molecular formula is C14H18N2O2. The SMILES string of the molecule is O=CC12CCC(CC1)CC2c1nc(C2CC2)no1. The topological polar surface area (TPSA) is 56.0 Å². The maximum Gasteiger partial charge on any atom is 0.230 e. The fraction of sp³-hybridized carbons (Fsp3) is 0.786. The van der Waals surface area contributed by atoms with Crippen molar-refractivity contribution < 1.29 is 9.32 Å². The second kappa shape index (κ2) is 3.65. The van der Waals surface area contributed by atoms with Crippen molar-refractivity contribution in [2.24, 2.45) is 11.3 Å². The van der Waals surface area contributed by atoms with Crippen molar-refractivity contribution >= 4 is 6.29 Å². The zero-order valence-corrected chi connectivity index (χ0v) is 10.5. The number of rotatable bonds is 3. The van der Waals surface area contributed by atoms with Gasteiger partial charge in [-0.2, -0.15) is 4.98 Å². The third kappa shape index (κ3) is 1.47. The van der Waals surface area contributed by atoms with Gasteiger partial charge in [0.15, 0.2) is 5.82 Å². The van der Waals surface area contributed by atoms with Gasteiger partial charge in [0, 0.05) is 11.3 Å². The van der Waals surface area contributed by atoms with Crippen LogP contribution in [0.4, 0.5) is 0 Å². The number of carbonyl (C=O) groups is 1. The van der Waals surface area contributed by atoms with Crippen molar-refractivity contribution in [3.8, 4) is 0 Å². The van der Waals surface area contributed by atoms with Gasteiger partial charge in [-0.1, -0.05) is 5.16 Å². The molecular weight excluding hydrogens is 228 g/mol. The smallest absolute Gasteiger partial charge is 0.230 e. The van der Waals surface area contributed by atoms with E-state index >= 15 is 0 Å². The molecule has 4 fully saturated rings. The zero-order chi connectivity index (χ0) is 12.2. The van der Waals surface area contributed by atoms with Gasteiger partial charge >= 0.3 is 0 Å². The van der Waals surface area contributed by atoms with Crippen LogP contribution >= 0.6 is 0 Å². The summed E-state index contributed by atoms with van der Waals surface area (Å²) >= 11 is 0. The van der Waals surface area contributed by atoms with E-state index in [-0.39, 0.29) is 11.3 Å². The fourth-order valence-corrected chi connectivity index (χ4v) is 3.81. The number of hydrogen-bond donors (Lipinski definition) is 0. The molecule has 1 heterocycles. The number of aromatic nitrogens is 2. The van der Waals surface area contributed by atoms with E-state index in [0.29, 0.717) is 5.92 Å². The minimum absolute atomic E-state index is 0.183. The number of nitrogens with zero attached hydrogens (tertiary/aromatic N) is 2. The lowest BCUT2D eigenvalue weighted by atomic mass is 9.55. The summed E-state index contributed by atoms with van der Waals surface area (Å²) in [5, 5.41) is 4.10. The summed E-state index contributed by atoms with van der Waals surface area (Å²) in [5.41, 5.74) is -0.206. The lowest BCUT2D eigenvalue weighted by Crippen LogP contribution is -2.42. The van der Waals surface area contributed by atoms with E-state index in [1.54, 1.807) is 0 Å². The second-order valence-corrected chi connectivity index (χ2v) is 6.35. The van der Waals surface area contributed by atoms with Crippen molar-refractivity contribution in [2.45, 2.75) is 56.8 Å². The van der Waals surface area contributed by atoms with E-state index in [4.69, 9.17) is 4.52 Å². The molecule has 0 aliphatic heterocycles. The van der Waals surface area contributed by atoms with Crippen LogP contribution in [0.2, 0.25) is 0 Å². The molecule has 0 spiro atoms. The molecule has 0 radical (unpaired) electrons. The quantitative estimate of drug-likeness (QED) is 0.769. The van der Waals surface area contributed by atoms with Crippen LogP contribution in [-0.2, 0) is 4.79 Å². The first kappa shape index (κ1) is 10.7. The molecule has 18 heavy (non-hydrogen) atoms. The second-order valence-electron chi connectivity index (χ2n) is 6.35. The predicted octanol–water partition coefficient (Wildman–Crippen LogP) is 2.81. The Morgan fingerprint density at radius 2 is 2.00 bits per heavy atom. The summed E-state index contributed by atoms with van der Waals surface area (Å²) in [6.45, 7) is 0. The van der Waals surface area contributed by atoms with E-state index in [2.05, 4.69) is 10.1 Å². The van der Waals surface area contributed by atoms with Crippen LogP contribution in [0.1, 0.15) is 68.5 Å². The lowest BCUT2D eigenvalue weighted by molar-refractivity contribution is -0.124. The van der Waals surface area contributed by atoms with Crippen molar-refractivity contribution in [3.05, 3.63) is 11.7 Å². The normalized spacial score (nSPS) is 38.9. The highest BCUT2D eigenvalue weighted by atomic mass is 16.5. The standard InChI is InChI=1S/C14H18N2O2/c17-8-14-5-3-9(4-6-14)7-11(14)13-15-12(16-18-13)10-1-2-10/h8-11H,1-7H2. The molecule has 1 unspecified atom stereocenters. The van der Waals surface area contributed by atoms with Gasteiger partial charge in [0.1, 0.15) is 6.29 Å². The highest BCUT2D eigenvalue weighted by Gasteiger charge is 2.50. The molecule has 4 aliphatic rings. The van der Waals surface area contributed by atoms with E-state index < -0.39 is 0 Å². The van der Waals surface area contributed by atoms with Crippen LogP contribution in [0.3, 0.4) is 0 Å².